The van der Waals surface area contributed by atoms with Gasteiger partial charge in [0.2, 0.25) is 0 Å². The zero-order valence-corrected chi connectivity index (χ0v) is 13.5. The Balaban J connectivity index is 2.32. The molecule has 1 aliphatic heterocycles. The first-order valence-corrected chi connectivity index (χ1v) is 10.0. The monoisotopic (exact) mass is 272 g/mol. The minimum absolute atomic E-state index is 0.222. The zero-order valence-electron chi connectivity index (χ0n) is 12.5. The molecule has 0 aliphatic carbocycles. The molecule has 2 atom stereocenters. The van der Waals surface area contributed by atoms with Crippen molar-refractivity contribution in [3.63, 3.8) is 0 Å². The number of epoxide rings is 1. The molecule has 0 spiro atoms. The van der Waals surface area contributed by atoms with Crippen molar-refractivity contribution in [2.24, 2.45) is 0 Å². The lowest BCUT2D eigenvalue weighted by Crippen LogP contribution is -2.30. The Labute approximate surface area is 118 Å². The van der Waals surface area contributed by atoms with Crippen molar-refractivity contribution < 1.29 is 4.74 Å². The van der Waals surface area contributed by atoms with E-state index < -0.39 is 8.07 Å². The molecule has 1 aromatic rings. The molecule has 0 radical (unpaired) electrons. The van der Waals surface area contributed by atoms with Crippen molar-refractivity contribution in [3.05, 3.63) is 35.9 Å². The van der Waals surface area contributed by atoms with Crippen LogP contribution in [0.25, 0.3) is 0 Å². The second-order valence-corrected chi connectivity index (χ2v) is 10.4. The van der Waals surface area contributed by atoms with Crippen LogP contribution in [0.2, 0.25) is 18.1 Å². The Hall–Kier alpha value is -1.04. The van der Waals surface area contributed by atoms with Gasteiger partial charge in [-0.25, -0.2) is 0 Å². The molecule has 1 aromatic carbocycles. The molecule has 19 heavy (non-hydrogen) atoms. The van der Waals surface area contributed by atoms with Gasteiger partial charge in [0.05, 0.1) is 0 Å². The Kier molecular flexibility index (Phi) is 4.18. The standard InChI is InChI=1S/C17H24OSi/c1-5-19(6-2,7-3)14-13-17(15(4)18-17)16-11-9-8-10-12-16/h8-12,15H,5-7H2,1-4H3/t15-,17+/m1/s1. The molecular weight excluding hydrogens is 248 g/mol. The van der Waals surface area contributed by atoms with Crippen molar-refractivity contribution in [3.8, 4) is 11.5 Å². The molecule has 2 heteroatoms. The topological polar surface area (TPSA) is 12.5 Å². The zero-order chi connectivity index (χ0) is 13.9. The highest BCUT2D eigenvalue weighted by atomic mass is 28.3. The Bertz CT molecular complexity index is 473. The molecule has 2 rings (SSSR count). The Morgan fingerprint density at radius 1 is 1.11 bits per heavy atom. The molecule has 0 bridgehead atoms. The summed E-state index contributed by atoms with van der Waals surface area (Å²) in [5, 5.41) is 0. The number of hydrogen-bond acceptors (Lipinski definition) is 1. The van der Waals surface area contributed by atoms with E-state index in [1.807, 2.05) is 6.07 Å². The normalized spacial score (nSPS) is 25.6. The summed E-state index contributed by atoms with van der Waals surface area (Å²) in [5.41, 5.74) is 4.57. The van der Waals surface area contributed by atoms with Crippen molar-refractivity contribution in [2.45, 2.75) is 57.5 Å². The van der Waals surface area contributed by atoms with Crippen LogP contribution in [0.15, 0.2) is 30.3 Å². The second kappa shape index (κ2) is 5.52. The van der Waals surface area contributed by atoms with E-state index in [0.29, 0.717) is 0 Å². The summed E-state index contributed by atoms with van der Waals surface area (Å²) >= 11 is 0. The Morgan fingerprint density at radius 2 is 1.63 bits per heavy atom. The van der Waals surface area contributed by atoms with Crippen LogP contribution in [-0.2, 0) is 10.3 Å². The van der Waals surface area contributed by atoms with E-state index in [9.17, 15) is 0 Å². The number of ether oxygens (including phenoxy) is 1. The summed E-state index contributed by atoms with van der Waals surface area (Å²) < 4.78 is 5.87. The summed E-state index contributed by atoms with van der Waals surface area (Å²) in [5.74, 6) is 3.52. The largest absolute Gasteiger partial charge is 0.348 e. The first-order chi connectivity index (χ1) is 9.12. The highest BCUT2D eigenvalue weighted by molar-refractivity contribution is 6.87. The van der Waals surface area contributed by atoms with Gasteiger partial charge in [-0.1, -0.05) is 57.0 Å². The van der Waals surface area contributed by atoms with Gasteiger partial charge >= 0.3 is 0 Å². The van der Waals surface area contributed by atoms with Crippen LogP contribution < -0.4 is 0 Å². The van der Waals surface area contributed by atoms with E-state index >= 15 is 0 Å². The molecule has 0 amide bonds. The van der Waals surface area contributed by atoms with Crippen LogP contribution in [-0.4, -0.2) is 14.2 Å². The fourth-order valence-electron chi connectivity index (χ4n) is 2.68. The summed E-state index contributed by atoms with van der Waals surface area (Å²) in [4.78, 5) is 0. The van der Waals surface area contributed by atoms with E-state index in [4.69, 9.17) is 4.74 Å². The first-order valence-electron chi connectivity index (χ1n) is 7.40. The second-order valence-electron chi connectivity index (χ2n) is 5.45. The lowest BCUT2D eigenvalue weighted by molar-refractivity contribution is 0.345. The van der Waals surface area contributed by atoms with Crippen LogP contribution in [0, 0.1) is 11.5 Å². The van der Waals surface area contributed by atoms with Crippen LogP contribution in [0.3, 0.4) is 0 Å². The lowest BCUT2D eigenvalue weighted by atomic mass is 9.97. The molecule has 0 N–H and O–H groups in total. The molecule has 1 fully saturated rings. The van der Waals surface area contributed by atoms with Crippen molar-refractivity contribution in [2.75, 3.05) is 0 Å². The highest BCUT2D eigenvalue weighted by Gasteiger charge is 2.54. The number of hydrogen-bond donors (Lipinski definition) is 0. The number of benzene rings is 1. The van der Waals surface area contributed by atoms with Gasteiger partial charge in [-0.15, -0.1) is 5.54 Å². The molecule has 102 valence electrons. The molecule has 0 saturated carbocycles. The van der Waals surface area contributed by atoms with E-state index in [1.165, 1.54) is 23.7 Å². The fraction of sp³-hybridized carbons (Fsp3) is 0.529. The predicted octanol–water partition coefficient (Wildman–Crippen LogP) is 4.35. The van der Waals surface area contributed by atoms with E-state index in [1.54, 1.807) is 0 Å². The van der Waals surface area contributed by atoms with E-state index in [2.05, 4.69) is 63.4 Å². The first kappa shape index (κ1) is 14.4. The van der Waals surface area contributed by atoms with Crippen LogP contribution in [0.4, 0.5) is 0 Å². The van der Waals surface area contributed by atoms with Gasteiger partial charge in [-0.3, -0.25) is 0 Å². The van der Waals surface area contributed by atoms with Gasteiger partial charge < -0.3 is 4.74 Å². The van der Waals surface area contributed by atoms with Crippen molar-refractivity contribution in [1.82, 2.24) is 0 Å². The van der Waals surface area contributed by atoms with E-state index in [-0.39, 0.29) is 11.7 Å². The van der Waals surface area contributed by atoms with E-state index in [0.717, 1.165) is 0 Å². The third-order valence-electron chi connectivity index (χ3n) is 4.62. The third kappa shape index (κ3) is 2.63. The van der Waals surface area contributed by atoms with Gasteiger partial charge in [0.25, 0.3) is 0 Å². The Morgan fingerprint density at radius 3 is 2.05 bits per heavy atom. The van der Waals surface area contributed by atoms with Gasteiger partial charge in [0.1, 0.15) is 14.2 Å². The quantitative estimate of drug-likeness (QED) is 0.451. The maximum absolute atomic E-state index is 5.87. The summed E-state index contributed by atoms with van der Waals surface area (Å²) in [7, 11) is -1.39. The van der Waals surface area contributed by atoms with Crippen LogP contribution in [0.5, 0.6) is 0 Å². The maximum Gasteiger partial charge on any atom is 0.179 e. The average molecular weight is 272 g/mol. The molecule has 1 heterocycles. The molecule has 0 unspecified atom stereocenters. The minimum atomic E-state index is -1.39. The summed E-state index contributed by atoms with van der Waals surface area (Å²) in [6.07, 6.45) is 0.222. The predicted molar refractivity (Wildman–Crippen MR) is 83.6 cm³/mol. The van der Waals surface area contributed by atoms with Gasteiger partial charge in [0.15, 0.2) is 5.60 Å². The SMILES string of the molecule is CC[Si](C#C[C@]1(c2ccccc2)O[C@@H]1C)(CC)CC. The maximum atomic E-state index is 5.87. The molecule has 1 saturated heterocycles. The van der Waals surface area contributed by atoms with Gasteiger partial charge in [-0.05, 0) is 30.6 Å². The van der Waals surface area contributed by atoms with Gasteiger partial charge in [-0.2, -0.15) is 0 Å². The minimum Gasteiger partial charge on any atom is -0.348 e. The molecule has 0 aromatic heterocycles. The van der Waals surface area contributed by atoms with Crippen molar-refractivity contribution in [1.29, 1.82) is 0 Å². The smallest absolute Gasteiger partial charge is 0.179 e. The third-order valence-corrected chi connectivity index (χ3v) is 9.34. The van der Waals surface area contributed by atoms with Gasteiger partial charge in [0, 0.05) is 0 Å². The molecule has 1 aliphatic rings. The summed E-state index contributed by atoms with van der Waals surface area (Å²) in [6.45, 7) is 9.00. The fourth-order valence-corrected chi connectivity index (χ4v) is 5.16. The number of rotatable bonds is 4. The molecule has 1 nitrogen and oxygen atoms in total. The lowest BCUT2D eigenvalue weighted by Gasteiger charge is -2.20. The van der Waals surface area contributed by atoms with Crippen LogP contribution in [0.1, 0.15) is 33.3 Å². The highest BCUT2D eigenvalue weighted by Crippen LogP contribution is 2.45. The molecular formula is C17H24OSi. The van der Waals surface area contributed by atoms with Crippen molar-refractivity contribution >= 4 is 8.07 Å². The van der Waals surface area contributed by atoms with Crippen LogP contribution >= 0.6 is 0 Å². The summed E-state index contributed by atoms with van der Waals surface area (Å²) in [6, 6.07) is 14.2. The average Bonchev–Trinajstić information content (AvgIpc) is 3.14.